The molecule has 96 valence electrons. The first-order valence-corrected chi connectivity index (χ1v) is 6.90. The van der Waals surface area contributed by atoms with E-state index in [9.17, 15) is 0 Å². The minimum absolute atomic E-state index is 0.107. The first-order chi connectivity index (χ1) is 8.31. The van der Waals surface area contributed by atoms with Crippen LogP contribution in [0.4, 0.5) is 0 Å². The molecule has 17 heavy (non-hydrogen) atoms. The van der Waals surface area contributed by atoms with Crippen molar-refractivity contribution in [3.8, 4) is 0 Å². The highest BCUT2D eigenvalue weighted by Crippen LogP contribution is 2.29. The first-order valence-electron chi connectivity index (χ1n) is 6.90. The second-order valence-corrected chi connectivity index (χ2v) is 5.05. The van der Waals surface area contributed by atoms with Crippen molar-refractivity contribution < 1.29 is 4.52 Å². The Morgan fingerprint density at radius 1 is 1.24 bits per heavy atom. The molecule has 1 aliphatic carbocycles. The van der Waals surface area contributed by atoms with Gasteiger partial charge in [-0.3, -0.25) is 0 Å². The second-order valence-electron chi connectivity index (χ2n) is 5.05. The molecule has 1 fully saturated rings. The normalized spacial score (nSPS) is 20.8. The Labute approximate surface area is 103 Å². The van der Waals surface area contributed by atoms with Crippen LogP contribution < -0.4 is 5.73 Å². The average molecular weight is 237 g/mol. The monoisotopic (exact) mass is 237 g/mol. The average Bonchev–Trinajstić information content (AvgIpc) is 2.77. The predicted octanol–water partition coefficient (Wildman–Crippen LogP) is 3.31. The summed E-state index contributed by atoms with van der Waals surface area (Å²) in [5.74, 6) is 1.97. The second kappa shape index (κ2) is 6.15. The number of nitrogens with zero attached hydrogens (tertiary/aromatic N) is 2. The third kappa shape index (κ3) is 3.28. The molecule has 1 saturated carbocycles. The van der Waals surface area contributed by atoms with E-state index in [-0.39, 0.29) is 6.04 Å². The fourth-order valence-electron chi connectivity index (χ4n) is 2.45. The van der Waals surface area contributed by atoms with Gasteiger partial charge in [-0.05, 0) is 19.3 Å². The van der Waals surface area contributed by atoms with Gasteiger partial charge in [0.05, 0.1) is 6.04 Å². The van der Waals surface area contributed by atoms with E-state index in [0.29, 0.717) is 11.8 Å². The van der Waals surface area contributed by atoms with Gasteiger partial charge in [-0.2, -0.15) is 4.98 Å². The van der Waals surface area contributed by atoms with Crippen LogP contribution >= 0.6 is 0 Å². The third-order valence-corrected chi connectivity index (χ3v) is 3.68. The fourth-order valence-corrected chi connectivity index (χ4v) is 2.45. The van der Waals surface area contributed by atoms with Crippen LogP contribution in [0.15, 0.2) is 4.52 Å². The summed E-state index contributed by atoms with van der Waals surface area (Å²) in [6, 6.07) is -0.107. The van der Waals surface area contributed by atoms with Crippen LogP contribution in [0, 0.1) is 0 Å². The van der Waals surface area contributed by atoms with Crippen molar-refractivity contribution >= 4 is 0 Å². The van der Waals surface area contributed by atoms with E-state index in [0.717, 1.165) is 12.2 Å². The van der Waals surface area contributed by atoms with Gasteiger partial charge in [0.1, 0.15) is 0 Å². The molecule has 0 saturated heterocycles. The van der Waals surface area contributed by atoms with E-state index in [1.807, 2.05) is 6.92 Å². The van der Waals surface area contributed by atoms with E-state index >= 15 is 0 Å². The predicted molar refractivity (Wildman–Crippen MR) is 66.6 cm³/mol. The molecule has 0 spiro atoms. The Kier molecular flexibility index (Phi) is 4.54. The molecule has 4 heteroatoms. The van der Waals surface area contributed by atoms with E-state index in [1.165, 1.54) is 44.9 Å². The molecule has 2 N–H and O–H groups in total. The summed E-state index contributed by atoms with van der Waals surface area (Å²) >= 11 is 0. The Bertz CT molecular complexity index is 329. The van der Waals surface area contributed by atoms with Gasteiger partial charge in [-0.15, -0.1) is 0 Å². The van der Waals surface area contributed by atoms with Gasteiger partial charge in [0.15, 0.2) is 5.82 Å². The van der Waals surface area contributed by atoms with Gasteiger partial charge in [-0.1, -0.05) is 44.2 Å². The van der Waals surface area contributed by atoms with Crippen LogP contribution in [0.1, 0.15) is 82.0 Å². The standard InChI is InChI=1S/C13H23N3O/c1-2-11(14)13-15-12(16-17-13)10-8-6-4-3-5-7-9-10/h10-11H,2-9,14H2,1H3/t11-/m0/s1. The highest BCUT2D eigenvalue weighted by molar-refractivity contribution is 4.98. The maximum absolute atomic E-state index is 5.90. The highest BCUT2D eigenvalue weighted by atomic mass is 16.5. The van der Waals surface area contributed by atoms with Crippen molar-refractivity contribution in [3.63, 3.8) is 0 Å². The molecule has 2 rings (SSSR count). The Morgan fingerprint density at radius 2 is 1.88 bits per heavy atom. The van der Waals surface area contributed by atoms with Gasteiger partial charge in [0, 0.05) is 5.92 Å². The summed E-state index contributed by atoms with van der Waals surface area (Å²) in [4.78, 5) is 4.47. The van der Waals surface area contributed by atoms with Crippen LogP contribution in [0.5, 0.6) is 0 Å². The van der Waals surface area contributed by atoms with Gasteiger partial charge in [-0.25, -0.2) is 0 Å². The molecule has 1 atom stereocenters. The zero-order valence-corrected chi connectivity index (χ0v) is 10.7. The van der Waals surface area contributed by atoms with Crippen molar-refractivity contribution in [2.75, 3.05) is 0 Å². The topological polar surface area (TPSA) is 64.9 Å². The largest absolute Gasteiger partial charge is 0.338 e. The van der Waals surface area contributed by atoms with Crippen molar-refractivity contribution in [3.05, 3.63) is 11.7 Å². The lowest BCUT2D eigenvalue weighted by Gasteiger charge is -2.15. The molecular formula is C13H23N3O. The molecule has 0 radical (unpaired) electrons. The summed E-state index contributed by atoms with van der Waals surface area (Å²) < 4.78 is 5.26. The Hall–Kier alpha value is -0.900. The van der Waals surface area contributed by atoms with Crippen LogP contribution in [-0.2, 0) is 0 Å². The van der Waals surface area contributed by atoms with E-state index in [4.69, 9.17) is 10.3 Å². The lowest BCUT2D eigenvalue weighted by atomic mass is 9.91. The number of rotatable bonds is 3. The minimum atomic E-state index is -0.107. The maximum atomic E-state index is 5.90. The summed E-state index contributed by atoms with van der Waals surface area (Å²) in [5.41, 5.74) is 5.90. The summed E-state index contributed by atoms with van der Waals surface area (Å²) in [6.07, 6.45) is 9.87. The lowest BCUT2D eigenvalue weighted by molar-refractivity contribution is 0.341. The fraction of sp³-hybridized carbons (Fsp3) is 0.846. The van der Waals surface area contributed by atoms with Crippen molar-refractivity contribution in [2.45, 2.75) is 70.3 Å². The molecule has 1 aromatic heterocycles. The smallest absolute Gasteiger partial charge is 0.243 e. The van der Waals surface area contributed by atoms with Gasteiger partial charge in [0.25, 0.3) is 0 Å². The van der Waals surface area contributed by atoms with Crippen LogP contribution in [0.3, 0.4) is 0 Å². The maximum Gasteiger partial charge on any atom is 0.243 e. The van der Waals surface area contributed by atoms with Crippen LogP contribution in [0.25, 0.3) is 0 Å². The zero-order chi connectivity index (χ0) is 12.1. The van der Waals surface area contributed by atoms with Gasteiger partial charge < -0.3 is 10.3 Å². The lowest BCUT2D eigenvalue weighted by Crippen LogP contribution is -2.10. The number of nitrogens with two attached hydrogens (primary N) is 1. The van der Waals surface area contributed by atoms with Gasteiger partial charge >= 0.3 is 0 Å². The SMILES string of the molecule is CC[C@H](N)c1nc(C2CCCCCCC2)no1. The van der Waals surface area contributed by atoms with Crippen LogP contribution in [0.2, 0.25) is 0 Å². The molecular weight excluding hydrogens is 214 g/mol. The molecule has 0 aromatic carbocycles. The first kappa shape index (κ1) is 12.6. The summed E-state index contributed by atoms with van der Waals surface area (Å²) in [7, 11) is 0. The highest BCUT2D eigenvalue weighted by Gasteiger charge is 2.20. The Balaban J connectivity index is 2.01. The van der Waals surface area contributed by atoms with E-state index < -0.39 is 0 Å². The summed E-state index contributed by atoms with van der Waals surface area (Å²) in [5, 5.41) is 4.12. The van der Waals surface area contributed by atoms with E-state index in [1.54, 1.807) is 0 Å². The molecule has 1 aliphatic rings. The molecule has 0 aliphatic heterocycles. The van der Waals surface area contributed by atoms with Crippen molar-refractivity contribution in [2.24, 2.45) is 5.73 Å². The molecule has 1 heterocycles. The molecule has 0 unspecified atom stereocenters. The molecule has 1 aromatic rings. The molecule has 0 bridgehead atoms. The van der Waals surface area contributed by atoms with E-state index in [2.05, 4.69) is 10.1 Å². The number of hydrogen-bond donors (Lipinski definition) is 1. The molecule has 0 amide bonds. The summed E-state index contributed by atoms with van der Waals surface area (Å²) in [6.45, 7) is 2.03. The van der Waals surface area contributed by atoms with Gasteiger partial charge in [0.2, 0.25) is 5.89 Å². The van der Waals surface area contributed by atoms with Crippen molar-refractivity contribution in [1.82, 2.24) is 10.1 Å². The third-order valence-electron chi connectivity index (χ3n) is 3.68. The van der Waals surface area contributed by atoms with Crippen molar-refractivity contribution in [1.29, 1.82) is 0 Å². The zero-order valence-electron chi connectivity index (χ0n) is 10.7. The van der Waals surface area contributed by atoms with Crippen LogP contribution in [-0.4, -0.2) is 10.1 Å². The number of hydrogen-bond acceptors (Lipinski definition) is 4. The minimum Gasteiger partial charge on any atom is -0.338 e. The Morgan fingerprint density at radius 3 is 2.53 bits per heavy atom. The molecule has 4 nitrogen and oxygen atoms in total. The number of aromatic nitrogens is 2. The quantitative estimate of drug-likeness (QED) is 0.876.